The van der Waals surface area contributed by atoms with Crippen molar-refractivity contribution in [2.24, 2.45) is 5.92 Å². The van der Waals surface area contributed by atoms with Crippen molar-refractivity contribution in [3.05, 3.63) is 29.6 Å². The first-order valence-corrected chi connectivity index (χ1v) is 9.34. The van der Waals surface area contributed by atoms with Gasteiger partial charge in [-0.25, -0.2) is 4.39 Å². The zero-order chi connectivity index (χ0) is 17.8. The van der Waals surface area contributed by atoms with Gasteiger partial charge in [-0.1, -0.05) is 0 Å². The van der Waals surface area contributed by atoms with E-state index in [1.165, 1.54) is 28.7 Å². The minimum atomic E-state index is -0.221. The predicted molar refractivity (Wildman–Crippen MR) is 93.2 cm³/mol. The molecule has 6 heteroatoms. The van der Waals surface area contributed by atoms with Crippen LogP contribution in [0.4, 0.5) is 4.39 Å². The maximum Gasteiger partial charge on any atom is 0.275 e. The van der Waals surface area contributed by atoms with Gasteiger partial charge in [-0.3, -0.25) is 4.79 Å². The summed E-state index contributed by atoms with van der Waals surface area (Å²) in [7, 11) is 1.62. The molecule has 2 aliphatic rings. The van der Waals surface area contributed by atoms with Gasteiger partial charge in [-0.15, -0.1) is 0 Å². The second kappa shape index (κ2) is 8.15. The van der Waals surface area contributed by atoms with Crippen LogP contribution in [0, 0.1) is 11.7 Å². The highest BCUT2D eigenvalue weighted by Gasteiger charge is 2.30. The van der Waals surface area contributed by atoms with Crippen molar-refractivity contribution in [1.82, 2.24) is 5.32 Å². The van der Waals surface area contributed by atoms with Gasteiger partial charge in [0.05, 0.1) is 12.7 Å². The number of nitrogens with one attached hydrogen (secondary N) is 3. The normalized spacial score (nSPS) is 24.6. The maximum atomic E-state index is 13.5. The van der Waals surface area contributed by atoms with Crippen LogP contribution < -0.4 is 19.9 Å². The topological polar surface area (TPSA) is 47.2 Å². The minimum absolute atomic E-state index is 0.171. The van der Waals surface area contributed by atoms with E-state index in [1.807, 2.05) is 0 Å². The molecule has 0 aromatic heterocycles. The molecule has 0 spiro atoms. The quantitative estimate of drug-likeness (QED) is 0.592. The largest absolute Gasteiger partial charge is 0.496 e. The van der Waals surface area contributed by atoms with Gasteiger partial charge in [0, 0.05) is 6.04 Å². The highest BCUT2D eigenvalue weighted by molar-refractivity contribution is 5.77. The van der Waals surface area contributed by atoms with E-state index in [2.05, 4.69) is 12.2 Å². The highest BCUT2D eigenvalue weighted by atomic mass is 19.1. The summed E-state index contributed by atoms with van der Waals surface area (Å²) in [6.07, 6.45) is 2.50. The molecule has 0 unspecified atom stereocenters. The van der Waals surface area contributed by atoms with Gasteiger partial charge in [0.25, 0.3) is 5.91 Å². The number of methoxy groups -OCH3 is 1. The first-order chi connectivity index (χ1) is 12.0. The Hall–Kier alpha value is -1.66. The van der Waals surface area contributed by atoms with Crippen LogP contribution in [0.5, 0.6) is 5.75 Å². The summed E-state index contributed by atoms with van der Waals surface area (Å²) < 4.78 is 18.8. The van der Waals surface area contributed by atoms with Gasteiger partial charge in [0.1, 0.15) is 44.3 Å². The average molecular weight is 351 g/mol. The van der Waals surface area contributed by atoms with E-state index in [0.717, 1.165) is 44.0 Å². The van der Waals surface area contributed by atoms with E-state index in [4.69, 9.17) is 4.74 Å². The molecule has 1 aliphatic heterocycles. The summed E-state index contributed by atoms with van der Waals surface area (Å²) in [5, 5.41) is 3.14. The Morgan fingerprint density at radius 3 is 2.60 bits per heavy atom. The van der Waals surface area contributed by atoms with Crippen LogP contribution >= 0.6 is 0 Å². The van der Waals surface area contributed by atoms with Crippen LogP contribution in [0.15, 0.2) is 18.2 Å². The standard InChI is InChI=1S/C19H28FN3O2/c1-14(15-3-4-15)21-19(24)13-23-9-7-22(8-10-23)12-16-11-17(20)5-6-18(16)25-2/h5-6,11,14-15H,3-4,7-10,12-13H2,1-2H3,(H,21,24)/p+2/t14-/m0/s1. The summed E-state index contributed by atoms with van der Waals surface area (Å²) in [6.45, 7) is 7.35. The van der Waals surface area contributed by atoms with Crippen molar-refractivity contribution < 1.29 is 23.7 Å². The van der Waals surface area contributed by atoms with E-state index in [9.17, 15) is 9.18 Å². The number of carbonyl (C=O) groups excluding carboxylic acids is 1. The third-order valence-corrected chi connectivity index (χ3v) is 5.48. The molecule has 1 amide bonds. The van der Waals surface area contributed by atoms with Crippen molar-refractivity contribution in [3.63, 3.8) is 0 Å². The van der Waals surface area contributed by atoms with E-state index in [1.54, 1.807) is 19.2 Å². The number of hydrogen-bond acceptors (Lipinski definition) is 2. The van der Waals surface area contributed by atoms with E-state index < -0.39 is 0 Å². The number of amides is 1. The fourth-order valence-electron chi connectivity index (χ4n) is 3.71. The summed E-state index contributed by atoms with van der Waals surface area (Å²) in [6, 6.07) is 5.01. The minimum Gasteiger partial charge on any atom is -0.496 e. The predicted octanol–water partition coefficient (Wildman–Crippen LogP) is -0.968. The highest BCUT2D eigenvalue weighted by Crippen LogP contribution is 2.32. The van der Waals surface area contributed by atoms with Crippen molar-refractivity contribution in [2.45, 2.75) is 32.4 Å². The van der Waals surface area contributed by atoms with Crippen molar-refractivity contribution in [3.8, 4) is 5.75 Å². The molecule has 3 rings (SSSR count). The molecule has 1 saturated carbocycles. The van der Waals surface area contributed by atoms with Gasteiger partial charge < -0.3 is 19.9 Å². The van der Waals surface area contributed by atoms with E-state index in [-0.39, 0.29) is 11.7 Å². The van der Waals surface area contributed by atoms with E-state index in [0.29, 0.717) is 18.5 Å². The molecule has 1 saturated heterocycles. The van der Waals surface area contributed by atoms with Crippen LogP contribution in [0.2, 0.25) is 0 Å². The molecule has 1 atom stereocenters. The lowest BCUT2D eigenvalue weighted by molar-refractivity contribution is -1.02. The van der Waals surface area contributed by atoms with Crippen molar-refractivity contribution >= 4 is 5.91 Å². The Labute approximate surface area is 149 Å². The van der Waals surface area contributed by atoms with E-state index >= 15 is 0 Å². The molecule has 25 heavy (non-hydrogen) atoms. The van der Waals surface area contributed by atoms with Gasteiger partial charge in [0.2, 0.25) is 0 Å². The SMILES string of the molecule is COc1ccc(F)cc1C[NH+]1CC[NH+](CC(=O)N[C@@H](C)C2CC2)CC1. The summed E-state index contributed by atoms with van der Waals surface area (Å²) in [5.74, 6) is 1.39. The number of hydrogen-bond donors (Lipinski definition) is 3. The fourth-order valence-corrected chi connectivity index (χ4v) is 3.71. The third kappa shape index (κ3) is 5.16. The maximum absolute atomic E-state index is 13.5. The fraction of sp³-hybridized carbons (Fsp3) is 0.632. The smallest absolute Gasteiger partial charge is 0.275 e. The lowest BCUT2D eigenvalue weighted by Gasteiger charge is -2.30. The summed E-state index contributed by atoms with van der Waals surface area (Å²) in [4.78, 5) is 14.9. The second-order valence-corrected chi connectivity index (χ2v) is 7.50. The average Bonchev–Trinajstić information content (AvgIpc) is 3.42. The van der Waals surface area contributed by atoms with Gasteiger partial charge >= 0.3 is 0 Å². The number of carbonyl (C=O) groups is 1. The zero-order valence-corrected chi connectivity index (χ0v) is 15.2. The lowest BCUT2D eigenvalue weighted by Crippen LogP contribution is -3.28. The lowest BCUT2D eigenvalue weighted by atomic mass is 10.1. The molecule has 1 aliphatic carbocycles. The third-order valence-electron chi connectivity index (χ3n) is 5.48. The van der Waals surface area contributed by atoms with Crippen molar-refractivity contribution in [2.75, 3.05) is 39.8 Å². The van der Waals surface area contributed by atoms with Crippen LogP contribution in [-0.2, 0) is 11.3 Å². The zero-order valence-electron chi connectivity index (χ0n) is 15.2. The Balaban J connectivity index is 1.44. The summed E-state index contributed by atoms with van der Waals surface area (Å²) >= 11 is 0. The molecule has 1 heterocycles. The Morgan fingerprint density at radius 1 is 1.28 bits per heavy atom. The molecular formula is C19H30FN3O2+2. The van der Waals surface area contributed by atoms with Gasteiger partial charge in [0.15, 0.2) is 6.54 Å². The first kappa shape index (κ1) is 18.1. The molecule has 0 bridgehead atoms. The number of ether oxygens (including phenoxy) is 1. The number of quaternary nitrogens is 2. The van der Waals surface area contributed by atoms with Gasteiger partial charge in [-0.2, -0.15) is 0 Å². The van der Waals surface area contributed by atoms with Crippen LogP contribution in [0.1, 0.15) is 25.3 Å². The Bertz CT molecular complexity index is 598. The molecular weight excluding hydrogens is 321 g/mol. The molecule has 3 N–H and O–H groups in total. The number of piperazine rings is 1. The Kier molecular flexibility index (Phi) is 5.91. The molecule has 1 aromatic carbocycles. The Morgan fingerprint density at radius 2 is 1.96 bits per heavy atom. The first-order valence-electron chi connectivity index (χ1n) is 9.34. The molecule has 1 aromatic rings. The monoisotopic (exact) mass is 351 g/mol. The van der Waals surface area contributed by atoms with Gasteiger partial charge in [-0.05, 0) is 43.9 Å². The van der Waals surface area contributed by atoms with Crippen molar-refractivity contribution in [1.29, 1.82) is 0 Å². The molecule has 5 nitrogen and oxygen atoms in total. The molecule has 138 valence electrons. The molecule has 2 fully saturated rings. The summed E-state index contributed by atoms with van der Waals surface area (Å²) in [5.41, 5.74) is 0.914. The second-order valence-electron chi connectivity index (χ2n) is 7.50. The van der Waals surface area contributed by atoms with Crippen LogP contribution in [-0.4, -0.2) is 51.8 Å². The number of rotatable bonds is 7. The van der Waals surface area contributed by atoms with Crippen LogP contribution in [0.3, 0.4) is 0 Å². The number of benzene rings is 1. The molecule has 0 radical (unpaired) electrons. The van der Waals surface area contributed by atoms with Crippen LogP contribution in [0.25, 0.3) is 0 Å². The number of halogens is 1.